The quantitative estimate of drug-likeness (QED) is 0.337. The summed E-state index contributed by atoms with van der Waals surface area (Å²) in [6.07, 6.45) is 0. The van der Waals surface area contributed by atoms with Gasteiger partial charge in [0.15, 0.2) is 0 Å². The van der Waals surface area contributed by atoms with Gasteiger partial charge in [-0.15, -0.1) is 0 Å². The lowest BCUT2D eigenvalue weighted by atomic mass is 9.89. The molecule has 4 rings (SSSR count). The molecule has 0 N–H and O–H groups in total. The fraction of sp³-hybridized carbons (Fsp3) is 0.269. The van der Waals surface area contributed by atoms with Gasteiger partial charge >= 0.3 is 0 Å². The van der Waals surface area contributed by atoms with E-state index in [1.165, 1.54) is 16.3 Å². The van der Waals surface area contributed by atoms with Crippen LogP contribution in [0.2, 0.25) is 0 Å². The number of aromatic nitrogens is 1. The van der Waals surface area contributed by atoms with Crippen molar-refractivity contribution in [1.29, 1.82) is 0 Å². The van der Waals surface area contributed by atoms with Gasteiger partial charge in [0.1, 0.15) is 12.9 Å². The third-order valence-corrected chi connectivity index (χ3v) is 6.00. The van der Waals surface area contributed by atoms with E-state index in [0.29, 0.717) is 0 Å². The first kappa shape index (κ1) is 20.1. The van der Waals surface area contributed by atoms with Crippen molar-refractivity contribution in [3.63, 3.8) is 0 Å². The van der Waals surface area contributed by atoms with E-state index in [-0.39, 0.29) is 5.82 Å². The highest BCUT2D eigenvalue weighted by atomic mass is 19.1. The monoisotopic (exact) mass is 402 g/mol. The van der Waals surface area contributed by atoms with Gasteiger partial charge in [-0.25, -0.2) is 4.39 Å². The Morgan fingerprint density at radius 2 is 1.10 bits per heavy atom. The van der Waals surface area contributed by atoms with Crippen LogP contribution < -0.4 is 14.4 Å². The Labute approximate surface area is 178 Å². The van der Waals surface area contributed by atoms with Gasteiger partial charge in [-0.3, -0.25) is 0 Å². The lowest BCUT2D eigenvalue weighted by Gasteiger charge is -2.19. The van der Waals surface area contributed by atoms with Crippen LogP contribution >= 0.6 is 0 Å². The molecule has 0 unspecified atom stereocenters. The molecule has 0 spiro atoms. The molecule has 3 nitrogen and oxygen atoms in total. The van der Waals surface area contributed by atoms with E-state index in [1.54, 1.807) is 12.1 Å². The van der Waals surface area contributed by atoms with Crippen molar-refractivity contribution in [2.75, 3.05) is 38.0 Å². The second-order valence-corrected chi connectivity index (χ2v) is 8.54. The highest BCUT2D eigenvalue weighted by Gasteiger charge is 2.23. The summed E-state index contributed by atoms with van der Waals surface area (Å²) >= 11 is 0. The van der Waals surface area contributed by atoms with Crippen molar-refractivity contribution in [1.82, 2.24) is 0 Å². The zero-order valence-corrected chi connectivity index (χ0v) is 18.8. The number of benzene rings is 3. The second kappa shape index (κ2) is 7.28. The van der Waals surface area contributed by atoms with Crippen LogP contribution in [0, 0.1) is 19.7 Å². The van der Waals surface area contributed by atoms with Crippen molar-refractivity contribution >= 4 is 33.2 Å². The molecule has 1 aromatic heterocycles. The normalized spacial score (nSPS) is 11.3. The molecule has 0 fully saturated rings. The van der Waals surface area contributed by atoms with E-state index in [9.17, 15) is 4.39 Å². The summed E-state index contributed by atoms with van der Waals surface area (Å²) in [4.78, 5) is 4.24. The molecule has 0 radical (unpaired) electrons. The number of nitrogens with zero attached hydrogens (tertiary/aromatic N) is 3. The first-order valence-corrected chi connectivity index (χ1v) is 10.2. The van der Waals surface area contributed by atoms with Crippen molar-refractivity contribution in [3.8, 4) is 11.1 Å². The van der Waals surface area contributed by atoms with Crippen molar-refractivity contribution < 1.29 is 8.96 Å². The van der Waals surface area contributed by atoms with E-state index in [2.05, 4.69) is 86.0 Å². The van der Waals surface area contributed by atoms with E-state index < -0.39 is 0 Å². The molecule has 0 amide bonds. The average Bonchev–Trinajstić information content (AvgIpc) is 2.68. The number of aryl methyl sites for hydroxylation is 3. The molecule has 4 aromatic rings. The number of pyridine rings is 1. The molecule has 0 atom stereocenters. The molecule has 0 aliphatic heterocycles. The minimum atomic E-state index is -0.186. The molecule has 0 saturated heterocycles. The Balaban J connectivity index is 2.23. The van der Waals surface area contributed by atoms with Gasteiger partial charge in [-0.05, 0) is 66.9 Å². The van der Waals surface area contributed by atoms with Gasteiger partial charge in [0.05, 0.1) is 10.8 Å². The Kier molecular flexibility index (Phi) is 4.89. The fourth-order valence-corrected chi connectivity index (χ4v) is 4.42. The molecular formula is C26H29FN3+. The number of hydrogen-bond donors (Lipinski definition) is 0. The third-order valence-electron chi connectivity index (χ3n) is 6.00. The Morgan fingerprint density at radius 1 is 0.667 bits per heavy atom. The highest BCUT2D eigenvalue weighted by Crippen LogP contribution is 2.39. The Morgan fingerprint density at radius 3 is 1.50 bits per heavy atom. The third kappa shape index (κ3) is 3.17. The average molecular weight is 403 g/mol. The molecule has 3 aromatic carbocycles. The summed E-state index contributed by atoms with van der Waals surface area (Å²) in [5, 5.41) is 2.34. The SMILES string of the molecule is Cc1cc(F)cc(C)c1-c1c2ccc(N(C)C)cc2[n+](C)c2cc(N(C)C)ccc12. The maximum atomic E-state index is 14.1. The van der Waals surface area contributed by atoms with Gasteiger partial charge in [0.25, 0.3) is 0 Å². The van der Waals surface area contributed by atoms with Crippen molar-refractivity contribution in [2.24, 2.45) is 7.05 Å². The number of hydrogen-bond acceptors (Lipinski definition) is 2. The van der Waals surface area contributed by atoms with Crippen LogP contribution in [0.25, 0.3) is 32.9 Å². The highest BCUT2D eigenvalue weighted by molar-refractivity contribution is 6.09. The topological polar surface area (TPSA) is 10.4 Å². The smallest absolute Gasteiger partial charge is 0.215 e. The van der Waals surface area contributed by atoms with Crippen LogP contribution in [0.15, 0.2) is 48.5 Å². The molecule has 0 bridgehead atoms. The van der Waals surface area contributed by atoms with Gasteiger partial charge in [-0.1, -0.05) is 0 Å². The molecule has 154 valence electrons. The van der Waals surface area contributed by atoms with E-state index in [4.69, 9.17) is 0 Å². The molecule has 30 heavy (non-hydrogen) atoms. The summed E-state index contributed by atoms with van der Waals surface area (Å²) in [7, 11) is 10.4. The molecule has 1 heterocycles. The fourth-order valence-electron chi connectivity index (χ4n) is 4.42. The standard InChI is InChI=1S/C26H29FN3/c1-16-12-18(27)13-17(2)25(16)26-21-10-8-19(28(3)4)14-23(21)30(7)24-15-20(29(5)6)9-11-22(24)26/h8-15H,1-7H3/q+1. The number of anilines is 2. The van der Waals surface area contributed by atoms with E-state index >= 15 is 0 Å². The predicted octanol–water partition coefficient (Wildman–Crippen LogP) is 5.37. The molecular weight excluding hydrogens is 373 g/mol. The molecule has 0 aliphatic carbocycles. The van der Waals surface area contributed by atoms with Crippen LogP contribution in [0.1, 0.15) is 11.1 Å². The number of rotatable bonds is 3. The van der Waals surface area contributed by atoms with E-state index in [0.717, 1.165) is 39.1 Å². The summed E-state index contributed by atoms with van der Waals surface area (Å²) in [5.74, 6) is -0.186. The van der Waals surface area contributed by atoms with Gasteiger partial charge in [0, 0.05) is 57.3 Å². The lowest BCUT2D eigenvalue weighted by Crippen LogP contribution is -2.31. The zero-order chi connectivity index (χ0) is 21.7. The summed E-state index contributed by atoms with van der Waals surface area (Å²) in [6, 6.07) is 16.4. The van der Waals surface area contributed by atoms with Crippen LogP contribution in [0.3, 0.4) is 0 Å². The van der Waals surface area contributed by atoms with Crippen LogP contribution in [0.4, 0.5) is 15.8 Å². The summed E-state index contributed by atoms with van der Waals surface area (Å²) in [5.41, 5.74) is 8.81. The van der Waals surface area contributed by atoms with Crippen LogP contribution in [0.5, 0.6) is 0 Å². The van der Waals surface area contributed by atoms with Gasteiger partial charge in [0.2, 0.25) is 11.0 Å². The minimum Gasteiger partial charge on any atom is -0.377 e. The second-order valence-electron chi connectivity index (χ2n) is 8.54. The maximum absolute atomic E-state index is 14.1. The maximum Gasteiger partial charge on any atom is 0.215 e. The molecule has 0 saturated carbocycles. The predicted molar refractivity (Wildman–Crippen MR) is 126 cm³/mol. The summed E-state index contributed by atoms with van der Waals surface area (Å²) in [6.45, 7) is 4.00. The van der Waals surface area contributed by atoms with Gasteiger partial charge in [-0.2, -0.15) is 4.57 Å². The minimum absolute atomic E-state index is 0.186. The number of halogens is 1. The molecule has 0 aliphatic rings. The Bertz CT molecular complexity index is 1200. The van der Waals surface area contributed by atoms with Crippen LogP contribution in [-0.2, 0) is 7.05 Å². The van der Waals surface area contributed by atoms with E-state index in [1.807, 2.05) is 13.8 Å². The lowest BCUT2D eigenvalue weighted by molar-refractivity contribution is -0.617. The van der Waals surface area contributed by atoms with Crippen LogP contribution in [-0.4, -0.2) is 28.2 Å². The summed E-state index contributed by atoms with van der Waals surface area (Å²) < 4.78 is 16.4. The van der Waals surface area contributed by atoms with Crippen molar-refractivity contribution in [2.45, 2.75) is 13.8 Å². The van der Waals surface area contributed by atoms with Gasteiger partial charge < -0.3 is 9.80 Å². The molecule has 4 heteroatoms. The van der Waals surface area contributed by atoms with Crippen molar-refractivity contribution in [3.05, 3.63) is 65.5 Å². The number of fused-ring (bicyclic) bond motifs is 2. The first-order valence-electron chi connectivity index (χ1n) is 10.2. The Hall–Kier alpha value is -3.14. The zero-order valence-electron chi connectivity index (χ0n) is 18.8. The largest absolute Gasteiger partial charge is 0.377 e. The first-order chi connectivity index (χ1) is 14.2.